The molecule has 0 bridgehead atoms. The predicted molar refractivity (Wildman–Crippen MR) is 108 cm³/mol. The summed E-state index contributed by atoms with van der Waals surface area (Å²) in [4.78, 5) is 12.9. The Hall–Kier alpha value is -3.47. The summed E-state index contributed by atoms with van der Waals surface area (Å²) in [5, 5.41) is 4.04. The first-order valence-corrected chi connectivity index (χ1v) is 8.76. The average Bonchev–Trinajstić information content (AvgIpc) is 3.31. The van der Waals surface area contributed by atoms with E-state index in [4.69, 9.17) is 4.74 Å². The van der Waals surface area contributed by atoms with Crippen molar-refractivity contribution in [2.45, 2.75) is 6.92 Å². The summed E-state index contributed by atoms with van der Waals surface area (Å²) in [6.07, 6.45) is 3.96. The number of hydrogen-bond acceptors (Lipinski definition) is 2. The molecular formula is C22H21N3O2. The van der Waals surface area contributed by atoms with Gasteiger partial charge in [0, 0.05) is 36.4 Å². The zero-order chi connectivity index (χ0) is 19.0. The van der Waals surface area contributed by atoms with Crippen LogP contribution in [0.2, 0.25) is 0 Å². The summed E-state index contributed by atoms with van der Waals surface area (Å²) >= 11 is 0. The van der Waals surface area contributed by atoms with E-state index in [-0.39, 0.29) is 5.91 Å². The maximum atomic E-state index is 12.9. The smallest absolute Gasteiger partial charge is 0.272 e. The summed E-state index contributed by atoms with van der Waals surface area (Å²) in [6.45, 7) is 2.02. The number of aryl methyl sites for hydroxylation is 2. The number of aromatic nitrogens is 2. The van der Waals surface area contributed by atoms with Crippen molar-refractivity contribution in [2.24, 2.45) is 7.05 Å². The number of ether oxygens (including phenoxy) is 1. The molecule has 0 unspecified atom stereocenters. The number of nitrogens with zero attached hydrogens (tertiary/aromatic N) is 2. The first-order valence-electron chi connectivity index (χ1n) is 8.76. The van der Waals surface area contributed by atoms with E-state index in [2.05, 4.69) is 5.32 Å². The third-order valence-corrected chi connectivity index (χ3v) is 4.83. The molecule has 0 aliphatic carbocycles. The highest BCUT2D eigenvalue weighted by atomic mass is 16.5. The van der Waals surface area contributed by atoms with Crippen LogP contribution in [0.4, 0.5) is 5.69 Å². The number of carbonyl (C=O) groups is 1. The lowest BCUT2D eigenvalue weighted by Gasteiger charge is -2.15. The molecule has 5 heteroatoms. The Labute approximate surface area is 157 Å². The van der Waals surface area contributed by atoms with Gasteiger partial charge >= 0.3 is 0 Å². The van der Waals surface area contributed by atoms with Crippen LogP contribution in [-0.2, 0) is 7.05 Å². The van der Waals surface area contributed by atoms with Crippen LogP contribution in [0.25, 0.3) is 16.6 Å². The highest BCUT2D eigenvalue weighted by Crippen LogP contribution is 2.31. The fourth-order valence-electron chi connectivity index (χ4n) is 3.41. The zero-order valence-electron chi connectivity index (χ0n) is 15.6. The van der Waals surface area contributed by atoms with Crippen molar-refractivity contribution in [3.8, 4) is 11.4 Å². The predicted octanol–water partition coefficient (Wildman–Crippen LogP) is 4.54. The second-order valence-corrected chi connectivity index (χ2v) is 6.53. The molecule has 136 valence electrons. The van der Waals surface area contributed by atoms with E-state index >= 15 is 0 Å². The highest BCUT2D eigenvalue weighted by Gasteiger charge is 2.16. The van der Waals surface area contributed by atoms with Crippen LogP contribution < -0.4 is 10.1 Å². The first kappa shape index (κ1) is 17.0. The van der Waals surface area contributed by atoms with Gasteiger partial charge in [-0.2, -0.15) is 0 Å². The molecule has 4 aromatic rings. The van der Waals surface area contributed by atoms with Gasteiger partial charge in [0.05, 0.1) is 18.5 Å². The number of rotatable bonds is 4. The summed E-state index contributed by atoms with van der Waals surface area (Å²) in [5.41, 5.74) is 4.33. The number of methoxy groups -OCH3 is 1. The number of carbonyl (C=O) groups excluding carboxylic acids is 1. The van der Waals surface area contributed by atoms with Crippen LogP contribution in [0.15, 0.2) is 67.0 Å². The third-order valence-electron chi connectivity index (χ3n) is 4.83. The average molecular weight is 359 g/mol. The van der Waals surface area contributed by atoms with Gasteiger partial charge in [-0.05, 0) is 42.8 Å². The lowest BCUT2D eigenvalue weighted by Crippen LogP contribution is -2.16. The Balaban J connectivity index is 1.70. The molecule has 5 nitrogen and oxygen atoms in total. The van der Waals surface area contributed by atoms with Crippen molar-refractivity contribution in [2.75, 3.05) is 12.4 Å². The zero-order valence-corrected chi connectivity index (χ0v) is 15.6. The maximum absolute atomic E-state index is 12.9. The molecule has 2 aromatic heterocycles. The topological polar surface area (TPSA) is 48.2 Å². The summed E-state index contributed by atoms with van der Waals surface area (Å²) in [6, 6.07) is 17.7. The molecule has 0 spiro atoms. The van der Waals surface area contributed by atoms with Gasteiger partial charge in [-0.25, -0.2) is 0 Å². The fraction of sp³-hybridized carbons (Fsp3) is 0.136. The molecule has 0 fully saturated rings. The minimum atomic E-state index is -0.167. The van der Waals surface area contributed by atoms with Crippen molar-refractivity contribution < 1.29 is 9.53 Å². The molecule has 2 heterocycles. The van der Waals surface area contributed by atoms with E-state index in [1.165, 1.54) is 0 Å². The number of fused-ring (bicyclic) bond motifs is 1. The van der Waals surface area contributed by atoms with Gasteiger partial charge < -0.3 is 19.2 Å². The number of benzene rings is 2. The molecule has 0 aliphatic rings. The summed E-state index contributed by atoms with van der Waals surface area (Å²) in [5.74, 6) is 0.455. The van der Waals surface area contributed by atoms with Crippen molar-refractivity contribution >= 4 is 22.5 Å². The lowest BCUT2D eigenvalue weighted by molar-refractivity contribution is 0.101. The molecule has 0 atom stereocenters. The maximum Gasteiger partial charge on any atom is 0.272 e. The summed E-state index contributed by atoms with van der Waals surface area (Å²) < 4.78 is 9.45. The molecule has 27 heavy (non-hydrogen) atoms. The lowest BCUT2D eigenvalue weighted by atomic mass is 10.1. The number of amides is 1. The number of anilines is 1. The molecule has 0 aliphatic heterocycles. The third kappa shape index (κ3) is 2.97. The monoisotopic (exact) mass is 359 g/mol. The van der Waals surface area contributed by atoms with Crippen LogP contribution in [-0.4, -0.2) is 22.2 Å². The van der Waals surface area contributed by atoms with Crippen LogP contribution in [0.3, 0.4) is 0 Å². The van der Waals surface area contributed by atoms with Gasteiger partial charge in [0.25, 0.3) is 5.91 Å². The normalized spacial score (nSPS) is 10.9. The highest BCUT2D eigenvalue weighted by molar-refractivity contribution is 6.07. The van der Waals surface area contributed by atoms with E-state index in [0.717, 1.165) is 22.2 Å². The Morgan fingerprint density at radius 2 is 1.78 bits per heavy atom. The molecule has 1 N–H and O–H groups in total. The van der Waals surface area contributed by atoms with E-state index < -0.39 is 0 Å². The van der Waals surface area contributed by atoms with E-state index in [1.807, 2.05) is 90.1 Å². The second-order valence-electron chi connectivity index (χ2n) is 6.53. The van der Waals surface area contributed by atoms with Gasteiger partial charge in [-0.3, -0.25) is 4.79 Å². The minimum Gasteiger partial charge on any atom is -0.494 e. The quantitative estimate of drug-likeness (QED) is 0.582. The SMILES string of the molecule is COc1cc(-n2cccc2)c(C)cc1NC(=O)c1cc2ccccc2n1C. The Kier molecular flexibility index (Phi) is 4.20. The minimum absolute atomic E-state index is 0.167. The van der Waals surface area contributed by atoms with Crippen molar-refractivity contribution in [3.05, 3.63) is 78.2 Å². The second kappa shape index (κ2) is 6.68. The Bertz CT molecular complexity index is 1120. The fourth-order valence-corrected chi connectivity index (χ4v) is 3.41. The Morgan fingerprint density at radius 3 is 2.48 bits per heavy atom. The van der Waals surface area contributed by atoms with Crippen LogP contribution in [0.1, 0.15) is 16.1 Å². The van der Waals surface area contributed by atoms with Crippen LogP contribution in [0, 0.1) is 6.92 Å². The van der Waals surface area contributed by atoms with Crippen LogP contribution >= 0.6 is 0 Å². The molecule has 0 saturated carbocycles. The molecular weight excluding hydrogens is 338 g/mol. The molecule has 2 aromatic carbocycles. The van der Waals surface area contributed by atoms with Crippen molar-refractivity contribution in [1.29, 1.82) is 0 Å². The number of nitrogens with one attached hydrogen (secondary N) is 1. The van der Waals surface area contributed by atoms with Crippen molar-refractivity contribution in [1.82, 2.24) is 9.13 Å². The van der Waals surface area contributed by atoms with Gasteiger partial charge in [0.1, 0.15) is 11.4 Å². The van der Waals surface area contributed by atoms with Gasteiger partial charge in [-0.15, -0.1) is 0 Å². The standard InChI is InChI=1S/C22H21N3O2/c1-15-12-17(21(27-3)14-19(15)25-10-6-7-11-25)23-22(26)20-13-16-8-4-5-9-18(16)24(20)2/h4-14H,1-3H3,(H,23,26). The first-order chi connectivity index (χ1) is 13.1. The molecule has 0 saturated heterocycles. The summed E-state index contributed by atoms with van der Waals surface area (Å²) in [7, 11) is 3.51. The molecule has 4 rings (SSSR count). The molecule has 0 radical (unpaired) electrons. The Morgan fingerprint density at radius 1 is 1.04 bits per heavy atom. The number of hydrogen-bond donors (Lipinski definition) is 1. The van der Waals surface area contributed by atoms with Gasteiger partial charge in [0.15, 0.2) is 0 Å². The van der Waals surface area contributed by atoms with E-state index in [0.29, 0.717) is 17.1 Å². The molecule has 1 amide bonds. The number of para-hydroxylation sites is 1. The van der Waals surface area contributed by atoms with E-state index in [9.17, 15) is 4.79 Å². The van der Waals surface area contributed by atoms with Crippen molar-refractivity contribution in [3.63, 3.8) is 0 Å². The van der Waals surface area contributed by atoms with Crippen LogP contribution in [0.5, 0.6) is 5.75 Å². The van der Waals surface area contributed by atoms with Gasteiger partial charge in [-0.1, -0.05) is 18.2 Å². The van der Waals surface area contributed by atoms with Gasteiger partial charge in [0.2, 0.25) is 0 Å². The largest absolute Gasteiger partial charge is 0.494 e. The van der Waals surface area contributed by atoms with E-state index in [1.54, 1.807) is 7.11 Å².